The van der Waals surface area contributed by atoms with Crippen LogP contribution >= 0.6 is 0 Å². The SMILES string of the molecule is CC(=O)Nc1ccc(NCc2cc(O)cc(O)c2)cc1. The summed E-state index contributed by atoms with van der Waals surface area (Å²) in [5.41, 5.74) is 2.38. The van der Waals surface area contributed by atoms with E-state index in [1.807, 2.05) is 12.1 Å². The minimum atomic E-state index is -0.110. The largest absolute Gasteiger partial charge is 0.508 e. The smallest absolute Gasteiger partial charge is 0.221 e. The van der Waals surface area contributed by atoms with Crippen molar-refractivity contribution in [2.24, 2.45) is 0 Å². The Balaban J connectivity index is 1.98. The number of rotatable bonds is 4. The molecule has 2 aromatic carbocycles. The molecule has 0 aliphatic rings. The average molecular weight is 272 g/mol. The molecule has 1 amide bonds. The fraction of sp³-hybridized carbons (Fsp3) is 0.133. The van der Waals surface area contributed by atoms with Crippen molar-refractivity contribution in [3.63, 3.8) is 0 Å². The van der Waals surface area contributed by atoms with Crippen LogP contribution in [0.2, 0.25) is 0 Å². The van der Waals surface area contributed by atoms with E-state index in [0.29, 0.717) is 6.54 Å². The molecule has 0 saturated carbocycles. The Labute approximate surface area is 116 Å². The molecular weight excluding hydrogens is 256 g/mol. The highest BCUT2D eigenvalue weighted by Gasteiger charge is 2.00. The van der Waals surface area contributed by atoms with Gasteiger partial charge in [-0.1, -0.05) is 0 Å². The van der Waals surface area contributed by atoms with Crippen molar-refractivity contribution < 1.29 is 15.0 Å². The standard InChI is InChI=1S/C15H16N2O3/c1-10(18)17-13-4-2-12(3-5-13)16-9-11-6-14(19)8-15(20)7-11/h2-8,16,19-20H,9H2,1H3,(H,17,18). The number of phenols is 2. The van der Waals surface area contributed by atoms with Gasteiger partial charge in [-0.3, -0.25) is 4.79 Å². The molecule has 0 heterocycles. The fourth-order valence-electron chi connectivity index (χ4n) is 1.84. The van der Waals surface area contributed by atoms with Gasteiger partial charge < -0.3 is 20.8 Å². The van der Waals surface area contributed by atoms with Crippen molar-refractivity contribution in [1.29, 1.82) is 0 Å². The topological polar surface area (TPSA) is 81.6 Å². The van der Waals surface area contributed by atoms with Crippen LogP contribution in [-0.4, -0.2) is 16.1 Å². The van der Waals surface area contributed by atoms with E-state index in [2.05, 4.69) is 10.6 Å². The highest BCUT2D eigenvalue weighted by atomic mass is 16.3. The molecule has 0 saturated heterocycles. The molecule has 0 unspecified atom stereocenters. The van der Waals surface area contributed by atoms with Gasteiger partial charge in [-0.2, -0.15) is 0 Å². The second-order valence-electron chi connectivity index (χ2n) is 4.47. The third kappa shape index (κ3) is 3.91. The molecule has 5 nitrogen and oxygen atoms in total. The average Bonchev–Trinajstić information content (AvgIpc) is 2.36. The number of benzene rings is 2. The van der Waals surface area contributed by atoms with E-state index >= 15 is 0 Å². The summed E-state index contributed by atoms with van der Waals surface area (Å²) in [5.74, 6) is -0.0495. The van der Waals surface area contributed by atoms with Crippen LogP contribution in [0, 0.1) is 0 Å². The van der Waals surface area contributed by atoms with E-state index in [-0.39, 0.29) is 17.4 Å². The first-order valence-corrected chi connectivity index (χ1v) is 6.16. The molecule has 4 N–H and O–H groups in total. The van der Waals surface area contributed by atoms with Crippen molar-refractivity contribution >= 4 is 17.3 Å². The Morgan fingerprint density at radius 1 is 1.00 bits per heavy atom. The number of aromatic hydroxyl groups is 2. The van der Waals surface area contributed by atoms with Crippen LogP contribution in [0.15, 0.2) is 42.5 Å². The van der Waals surface area contributed by atoms with Crippen LogP contribution in [0.4, 0.5) is 11.4 Å². The van der Waals surface area contributed by atoms with Crippen molar-refractivity contribution in [3.05, 3.63) is 48.0 Å². The van der Waals surface area contributed by atoms with Crippen molar-refractivity contribution in [3.8, 4) is 11.5 Å². The van der Waals surface area contributed by atoms with Gasteiger partial charge in [0.05, 0.1) is 0 Å². The van der Waals surface area contributed by atoms with Gasteiger partial charge in [0.25, 0.3) is 0 Å². The lowest BCUT2D eigenvalue weighted by atomic mass is 10.2. The monoisotopic (exact) mass is 272 g/mol. The van der Waals surface area contributed by atoms with Crippen LogP contribution in [0.1, 0.15) is 12.5 Å². The van der Waals surface area contributed by atoms with Gasteiger partial charge in [-0.25, -0.2) is 0 Å². The minimum absolute atomic E-state index is 0.0304. The van der Waals surface area contributed by atoms with Gasteiger partial charge >= 0.3 is 0 Å². The summed E-state index contributed by atoms with van der Waals surface area (Å²) in [5, 5.41) is 24.6. The first-order valence-electron chi connectivity index (χ1n) is 6.16. The van der Waals surface area contributed by atoms with E-state index in [0.717, 1.165) is 16.9 Å². The molecule has 0 radical (unpaired) electrons. The molecule has 0 atom stereocenters. The second-order valence-corrected chi connectivity index (χ2v) is 4.47. The number of amides is 1. The summed E-state index contributed by atoms with van der Waals surface area (Å²) in [4.78, 5) is 10.9. The van der Waals surface area contributed by atoms with Crippen LogP contribution in [-0.2, 0) is 11.3 Å². The predicted molar refractivity (Wildman–Crippen MR) is 77.8 cm³/mol. The Hall–Kier alpha value is -2.69. The number of anilines is 2. The number of carbonyl (C=O) groups excluding carboxylic acids is 1. The summed E-state index contributed by atoms with van der Waals surface area (Å²) in [7, 11) is 0. The van der Waals surface area contributed by atoms with E-state index in [1.165, 1.54) is 13.0 Å². The molecule has 0 aromatic heterocycles. The summed E-state index contributed by atoms with van der Waals surface area (Å²) in [6.45, 7) is 1.93. The lowest BCUT2D eigenvalue weighted by Gasteiger charge is -2.09. The number of nitrogens with one attached hydrogen (secondary N) is 2. The quantitative estimate of drug-likeness (QED) is 0.689. The molecule has 0 aliphatic heterocycles. The molecule has 2 rings (SSSR count). The highest BCUT2D eigenvalue weighted by Crippen LogP contribution is 2.21. The van der Waals surface area contributed by atoms with E-state index in [1.54, 1.807) is 24.3 Å². The number of phenolic OH excluding ortho intramolecular Hbond substituents is 2. The predicted octanol–water partition coefficient (Wildman–Crippen LogP) is 2.67. The van der Waals surface area contributed by atoms with E-state index in [9.17, 15) is 15.0 Å². The van der Waals surface area contributed by atoms with E-state index < -0.39 is 0 Å². The molecule has 104 valence electrons. The molecule has 20 heavy (non-hydrogen) atoms. The molecule has 0 aliphatic carbocycles. The molecule has 0 fully saturated rings. The fourth-order valence-corrected chi connectivity index (χ4v) is 1.84. The maximum Gasteiger partial charge on any atom is 0.221 e. The maximum atomic E-state index is 10.9. The Morgan fingerprint density at radius 2 is 1.55 bits per heavy atom. The third-order valence-corrected chi connectivity index (χ3v) is 2.66. The summed E-state index contributed by atoms with van der Waals surface area (Å²) < 4.78 is 0. The summed E-state index contributed by atoms with van der Waals surface area (Å²) in [6.07, 6.45) is 0. The normalized spacial score (nSPS) is 10.1. The first-order chi connectivity index (χ1) is 9.52. The van der Waals surface area contributed by atoms with Gasteiger partial charge in [0.15, 0.2) is 0 Å². The van der Waals surface area contributed by atoms with Crippen LogP contribution in [0.3, 0.4) is 0 Å². The van der Waals surface area contributed by atoms with Crippen LogP contribution in [0.5, 0.6) is 11.5 Å². The summed E-state index contributed by atoms with van der Waals surface area (Å²) in [6, 6.07) is 11.7. The number of hydrogen-bond acceptors (Lipinski definition) is 4. The zero-order valence-electron chi connectivity index (χ0n) is 11.1. The number of carbonyl (C=O) groups is 1. The molecule has 2 aromatic rings. The minimum Gasteiger partial charge on any atom is -0.508 e. The highest BCUT2D eigenvalue weighted by molar-refractivity contribution is 5.88. The molecule has 0 spiro atoms. The van der Waals surface area contributed by atoms with Gasteiger partial charge in [-0.15, -0.1) is 0 Å². The van der Waals surface area contributed by atoms with Gasteiger partial charge in [0.1, 0.15) is 11.5 Å². The second kappa shape index (κ2) is 5.97. The first kappa shape index (κ1) is 13.7. The van der Waals surface area contributed by atoms with Crippen LogP contribution in [0.25, 0.3) is 0 Å². The van der Waals surface area contributed by atoms with Crippen LogP contribution < -0.4 is 10.6 Å². The van der Waals surface area contributed by atoms with E-state index in [4.69, 9.17) is 0 Å². The molecule has 5 heteroatoms. The lowest BCUT2D eigenvalue weighted by Crippen LogP contribution is -2.05. The Morgan fingerprint density at radius 3 is 2.10 bits per heavy atom. The van der Waals surface area contributed by atoms with Gasteiger partial charge in [0, 0.05) is 30.9 Å². The van der Waals surface area contributed by atoms with Crippen molar-refractivity contribution in [2.75, 3.05) is 10.6 Å². The summed E-state index contributed by atoms with van der Waals surface area (Å²) >= 11 is 0. The molecular formula is C15H16N2O3. The molecule has 0 bridgehead atoms. The van der Waals surface area contributed by atoms with Gasteiger partial charge in [-0.05, 0) is 42.0 Å². The Bertz CT molecular complexity index is 589. The zero-order chi connectivity index (χ0) is 14.5. The lowest BCUT2D eigenvalue weighted by molar-refractivity contribution is -0.114. The maximum absolute atomic E-state index is 10.9. The number of hydrogen-bond donors (Lipinski definition) is 4. The van der Waals surface area contributed by atoms with Crippen molar-refractivity contribution in [2.45, 2.75) is 13.5 Å². The van der Waals surface area contributed by atoms with Crippen molar-refractivity contribution in [1.82, 2.24) is 0 Å². The Kier molecular flexibility index (Phi) is 4.10. The zero-order valence-corrected chi connectivity index (χ0v) is 11.1. The van der Waals surface area contributed by atoms with Gasteiger partial charge in [0.2, 0.25) is 5.91 Å². The third-order valence-electron chi connectivity index (χ3n) is 2.66.